The van der Waals surface area contributed by atoms with E-state index in [9.17, 15) is 22.4 Å². The van der Waals surface area contributed by atoms with Crippen LogP contribution in [0.4, 0.5) is 23.4 Å². The van der Waals surface area contributed by atoms with Crippen LogP contribution in [0.5, 0.6) is 0 Å². The van der Waals surface area contributed by atoms with Crippen molar-refractivity contribution in [1.29, 1.82) is 0 Å². The van der Waals surface area contributed by atoms with Crippen molar-refractivity contribution < 1.29 is 22.4 Å². The molecule has 5 aromatic rings. The van der Waals surface area contributed by atoms with E-state index in [0.29, 0.717) is 19.0 Å². The van der Waals surface area contributed by atoms with Crippen molar-refractivity contribution in [2.24, 2.45) is 0 Å². The SMILES string of the molecule is O=C(Nc1nn(Cc2ccc(Cl)cc2Cl)cc1Br)c1cc2nc(-c3ccc(F)cc3)cc(C(F)(F)F)n2n1. The lowest BCUT2D eigenvalue weighted by Crippen LogP contribution is -2.16. The summed E-state index contributed by atoms with van der Waals surface area (Å²) in [5.41, 5.74) is -0.744. The van der Waals surface area contributed by atoms with E-state index in [2.05, 4.69) is 36.4 Å². The third-order valence-electron chi connectivity index (χ3n) is 5.39. The van der Waals surface area contributed by atoms with Crippen LogP contribution in [0, 0.1) is 5.82 Å². The number of nitrogens with one attached hydrogen (secondary N) is 1. The number of rotatable bonds is 5. The molecular weight excluding hydrogens is 615 g/mol. The Balaban J connectivity index is 1.44. The number of benzene rings is 2. The second-order valence-corrected chi connectivity index (χ2v) is 9.74. The molecule has 1 N–H and O–H groups in total. The largest absolute Gasteiger partial charge is 0.433 e. The van der Waals surface area contributed by atoms with Crippen LogP contribution in [0.3, 0.4) is 0 Å². The molecular formula is C24H13BrCl2F4N6O. The highest BCUT2D eigenvalue weighted by Crippen LogP contribution is 2.32. The van der Waals surface area contributed by atoms with Crippen molar-refractivity contribution in [3.8, 4) is 11.3 Å². The second kappa shape index (κ2) is 10.0. The minimum atomic E-state index is -4.81. The second-order valence-electron chi connectivity index (χ2n) is 8.04. The Morgan fingerprint density at radius 1 is 1.03 bits per heavy atom. The highest BCUT2D eigenvalue weighted by molar-refractivity contribution is 9.10. The lowest BCUT2D eigenvalue weighted by Gasteiger charge is -2.11. The minimum absolute atomic E-state index is 0.0565. The van der Waals surface area contributed by atoms with Crippen molar-refractivity contribution in [3.63, 3.8) is 0 Å². The van der Waals surface area contributed by atoms with Gasteiger partial charge in [-0.05, 0) is 64.0 Å². The molecule has 0 spiro atoms. The predicted molar refractivity (Wildman–Crippen MR) is 137 cm³/mol. The summed E-state index contributed by atoms with van der Waals surface area (Å²) in [5.74, 6) is -1.23. The van der Waals surface area contributed by atoms with Crippen LogP contribution in [0.2, 0.25) is 10.0 Å². The molecule has 0 bridgehead atoms. The zero-order valence-electron chi connectivity index (χ0n) is 18.8. The highest BCUT2D eigenvalue weighted by atomic mass is 79.9. The Morgan fingerprint density at radius 3 is 2.45 bits per heavy atom. The fraction of sp³-hybridized carbons (Fsp3) is 0.0833. The maximum atomic E-state index is 13.8. The molecule has 3 heterocycles. The number of anilines is 1. The first-order valence-electron chi connectivity index (χ1n) is 10.7. The molecule has 2 aromatic carbocycles. The zero-order chi connectivity index (χ0) is 27.2. The van der Waals surface area contributed by atoms with Gasteiger partial charge in [-0.3, -0.25) is 9.48 Å². The van der Waals surface area contributed by atoms with Crippen LogP contribution in [-0.2, 0) is 12.7 Å². The Kier molecular flexibility index (Phi) is 6.88. The Hall–Kier alpha value is -3.48. The molecule has 38 heavy (non-hydrogen) atoms. The molecule has 0 aliphatic rings. The summed E-state index contributed by atoms with van der Waals surface area (Å²) in [7, 11) is 0. The van der Waals surface area contributed by atoms with Crippen LogP contribution in [0.15, 0.2) is 65.3 Å². The topological polar surface area (TPSA) is 77.1 Å². The molecule has 0 saturated carbocycles. The molecule has 0 saturated heterocycles. The molecule has 0 aliphatic carbocycles. The standard InChI is InChI=1S/C24H13BrCl2F4N6O/c25-16-11-36(10-13-1-4-14(26)7-17(13)27)35-22(16)33-23(38)19-9-21-32-18(12-2-5-15(28)6-3-12)8-20(24(29,30)31)37(21)34-19/h1-9,11H,10H2,(H,33,35,38). The van der Waals surface area contributed by atoms with Crippen LogP contribution in [0.1, 0.15) is 21.7 Å². The van der Waals surface area contributed by atoms with Crippen molar-refractivity contribution in [1.82, 2.24) is 24.4 Å². The first kappa shape index (κ1) is 26.1. The van der Waals surface area contributed by atoms with Crippen LogP contribution >= 0.6 is 39.1 Å². The van der Waals surface area contributed by atoms with Crippen molar-refractivity contribution >= 4 is 56.5 Å². The molecule has 194 valence electrons. The number of aromatic nitrogens is 5. The van der Waals surface area contributed by atoms with Gasteiger partial charge in [-0.2, -0.15) is 23.4 Å². The van der Waals surface area contributed by atoms with Crippen LogP contribution in [-0.4, -0.2) is 30.3 Å². The number of amides is 1. The number of fused-ring (bicyclic) bond motifs is 1. The van der Waals surface area contributed by atoms with Gasteiger partial charge in [0, 0.05) is 27.9 Å². The summed E-state index contributed by atoms with van der Waals surface area (Å²) in [4.78, 5) is 17.1. The quantitative estimate of drug-likeness (QED) is 0.211. The fourth-order valence-corrected chi connectivity index (χ4v) is 4.50. The van der Waals surface area contributed by atoms with E-state index >= 15 is 0 Å². The molecule has 0 radical (unpaired) electrons. The van der Waals surface area contributed by atoms with E-state index < -0.39 is 23.6 Å². The summed E-state index contributed by atoms with van der Waals surface area (Å²) >= 11 is 15.4. The summed E-state index contributed by atoms with van der Waals surface area (Å²) in [5, 5.41) is 11.6. The lowest BCUT2D eigenvalue weighted by molar-refractivity contribution is -0.142. The molecule has 0 unspecified atom stereocenters. The Bertz CT molecular complexity index is 1680. The van der Waals surface area contributed by atoms with E-state index in [0.717, 1.165) is 29.8 Å². The van der Waals surface area contributed by atoms with Gasteiger partial charge in [-0.15, -0.1) is 0 Å². The monoisotopic (exact) mass is 626 g/mol. The molecule has 1 amide bonds. The molecule has 0 aliphatic heterocycles. The number of halogens is 7. The van der Waals surface area contributed by atoms with Gasteiger partial charge >= 0.3 is 6.18 Å². The molecule has 5 rings (SSSR count). The van der Waals surface area contributed by atoms with Crippen LogP contribution < -0.4 is 5.32 Å². The average molecular weight is 628 g/mol. The van der Waals surface area contributed by atoms with Crippen molar-refractivity contribution in [2.75, 3.05) is 5.32 Å². The Labute approximate surface area is 230 Å². The fourth-order valence-electron chi connectivity index (χ4n) is 3.61. The molecule has 7 nitrogen and oxygen atoms in total. The molecule has 0 atom stereocenters. The maximum absolute atomic E-state index is 13.8. The first-order chi connectivity index (χ1) is 18.0. The van der Waals surface area contributed by atoms with E-state index in [1.807, 2.05) is 0 Å². The van der Waals surface area contributed by atoms with Gasteiger partial charge in [0.15, 0.2) is 22.9 Å². The van der Waals surface area contributed by atoms with E-state index in [-0.39, 0.29) is 35.0 Å². The number of carbonyl (C=O) groups is 1. The summed E-state index contributed by atoms with van der Waals surface area (Å²) in [6.07, 6.45) is -3.21. The van der Waals surface area contributed by atoms with E-state index in [1.165, 1.54) is 16.8 Å². The average Bonchev–Trinajstić information content (AvgIpc) is 3.43. The number of nitrogens with zero attached hydrogens (tertiary/aromatic N) is 5. The van der Waals surface area contributed by atoms with Gasteiger partial charge in [0.1, 0.15) is 5.82 Å². The van der Waals surface area contributed by atoms with Gasteiger partial charge in [0.2, 0.25) is 0 Å². The van der Waals surface area contributed by atoms with Crippen molar-refractivity contribution in [3.05, 3.63) is 98.1 Å². The van der Waals surface area contributed by atoms with E-state index in [1.54, 1.807) is 24.4 Å². The van der Waals surface area contributed by atoms with Gasteiger partial charge in [-0.25, -0.2) is 13.9 Å². The number of carbonyl (C=O) groups excluding carboxylic acids is 1. The lowest BCUT2D eigenvalue weighted by atomic mass is 10.1. The smallest absolute Gasteiger partial charge is 0.303 e. The number of hydrogen-bond donors (Lipinski definition) is 1. The third-order valence-corrected chi connectivity index (χ3v) is 6.55. The zero-order valence-corrected chi connectivity index (χ0v) is 21.9. The first-order valence-corrected chi connectivity index (χ1v) is 12.2. The predicted octanol–water partition coefficient (Wildman–Crippen LogP) is 7.12. The normalized spacial score (nSPS) is 11.8. The minimum Gasteiger partial charge on any atom is -0.303 e. The van der Waals surface area contributed by atoms with Crippen LogP contribution in [0.25, 0.3) is 16.9 Å². The van der Waals surface area contributed by atoms with E-state index in [4.69, 9.17) is 23.2 Å². The highest BCUT2D eigenvalue weighted by Gasteiger charge is 2.35. The molecule has 14 heteroatoms. The molecule has 3 aromatic heterocycles. The summed E-state index contributed by atoms with van der Waals surface area (Å²) in [6.45, 7) is 0.268. The van der Waals surface area contributed by atoms with Crippen molar-refractivity contribution in [2.45, 2.75) is 12.7 Å². The maximum Gasteiger partial charge on any atom is 0.433 e. The van der Waals surface area contributed by atoms with Gasteiger partial charge in [0.05, 0.1) is 16.7 Å². The Morgan fingerprint density at radius 2 is 1.76 bits per heavy atom. The summed E-state index contributed by atoms with van der Waals surface area (Å²) in [6, 6.07) is 11.8. The number of alkyl halides is 3. The number of hydrogen-bond acceptors (Lipinski definition) is 4. The van der Waals surface area contributed by atoms with Gasteiger partial charge in [0.25, 0.3) is 5.91 Å². The summed E-state index contributed by atoms with van der Waals surface area (Å²) < 4.78 is 57.3. The van der Waals surface area contributed by atoms with Gasteiger partial charge < -0.3 is 5.32 Å². The van der Waals surface area contributed by atoms with Gasteiger partial charge in [-0.1, -0.05) is 29.3 Å². The third kappa shape index (κ3) is 5.38. The molecule has 0 fully saturated rings.